The molecular formula is C27H42FN3O3S. The van der Waals surface area contributed by atoms with Crippen LogP contribution in [0.15, 0.2) is 29.2 Å². The molecule has 1 aromatic carbocycles. The van der Waals surface area contributed by atoms with Crippen LogP contribution in [0.5, 0.6) is 0 Å². The molecule has 0 aliphatic heterocycles. The highest BCUT2D eigenvalue weighted by atomic mass is 32.3. The molecule has 1 aliphatic rings. The molecule has 1 fully saturated rings. The van der Waals surface area contributed by atoms with E-state index in [2.05, 4.69) is 9.88 Å². The smallest absolute Gasteiger partial charge is 0.253 e. The van der Waals surface area contributed by atoms with E-state index in [1.807, 2.05) is 39.8 Å². The van der Waals surface area contributed by atoms with E-state index in [1.165, 1.54) is 25.3 Å². The zero-order chi connectivity index (χ0) is 26.2. The number of amides is 1. The number of halogens is 1. The minimum absolute atomic E-state index is 0.0407. The number of rotatable bonds is 7. The summed E-state index contributed by atoms with van der Waals surface area (Å²) >= 11 is 0. The minimum atomic E-state index is -4.44. The highest BCUT2D eigenvalue weighted by Gasteiger charge is 2.27. The van der Waals surface area contributed by atoms with Crippen molar-refractivity contribution in [3.63, 3.8) is 0 Å². The molecule has 1 aliphatic carbocycles. The molecule has 0 radical (unpaired) electrons. The molecule has 1 heterocycles. The summed E-state index contributed by atoms with van der Waals surface area (Å²) in [7, 11) is -4.44. The lowest BCUT2D eigenvalue weighted by molar-refractivity contribution is 0.0694. The molecule has 0 saturated heterocycles. The molecule has 0 atom stereocenters. The van der Waals surface area contributed by atoms with Gasteiger partial charge in [-0.3, -0.25) is 4.79 Å². The Morgan fingerprint density at radius 3 is 2.34 bits per heavy atom. The van der Waals surface area contributed by atoms with Crippen LogP contribution in [0.2, 0.25) is 0 Å². The Bertz CT molecular complexity index is 1120. The lowest BCUT2D eigenvalue weighted by Crippen LogP contribution is -2.38. The Balaban J connectivity index is 2.12. The van der Waals surface area contributed by atoms with Crippen LogP contribution in [0.1, 0.15) is 88.3 Å². The first kappa shape index (κ1) is 27.6. The van der Waals surface area contributed by atoms with Gasteiger partial charge in [0.1, 0.15) is 0 Å². The highest BCUT2D eigenvalue weighted by Crippen LogP contribution is 2.37. The summed E-state index contributed by atoms with van der Waals surface area (Å²) in [6.45, 7) is 12.0. The van der Waals surface area contributed by atoms with E-state index in [9.17, 15) is 18.0 Å². The summed E-state index contributed by atoms with van der Waals surface area (Å²) in [5.41, 5.74) is 2.20. The third-order valence-electron chi connectivity index (χ3n) is 6.89. The maximum Gasteiger partial charge on any atom is 0.253 e. The van der Waals surface area contributed by atoms with Gasteiger partial charge in [-0.2, -0.15) is 0 Å². The van der Waals surface area contributed by atoms with Crippen LogP contribution in [0, 0.1) is 12.8 Å². The topological polar surface area (TPSA) is 97.3 Å². The molecule has 35 heavy (non-hydrogen) atoms. The minimum Gasteiger partial charge on any atom is -0.389 e. The standard InChI is InChI=1S/C27H42FN3O3S/c1-18-21(25(32)30-17-27(5,6)33)15-23(31(18)16-19-10-8-7-9-11-19)20-12-13-24(35(28,29)34)22(14-20)26(2,3)4/h12-15,19,33,35H,7-11,16-17H2,1-6H3,(H2,29,34)(H,30,32). The second-order valence-corrected chi connectivity index (χ2v) is 13.3. The lowest BCUT2D eigenvalue weighted by Gasteiger charge is -2.27. The van der Waals surface area contributed by atoms with Gasteiger partial charge >= 0.3 is 0 Å². The SMILES string of the molecule is Cc1c(C(=O)NCC(C)(C)O)cc(-c2ccc([SH](N)(=O)F)c(C(C)(C)C)c2)n1CC1CCCCC1. The number of benzene rings is 1. The van der Waals surface area contributed by atoms with E-state index >= 15 is 0 Å². The summed E-state index contributed by atoms with van der Waals surface area (Å²) in [6.07, 6.45) is 6.00. The van der Waals surface area contributed by atoms with Gasteiger partial charge in [-0.25, -0.2) is 9.35 Å². The number of aromatic nitrogens is 1. The van der Waals surface area contributed by atoms with E-state index in [4.69, 9.17) is 5.14 Å². The number of nitrogens with two attached hydrogens (primary N) is 1. The van der Waals surface area contributed by atoms with Gasteiger partial charge in [0.05, 0.1) is 26.6 Å². The third kappa shape index (κ3) is 6.80. The van der Waals surface area contributed by atoms with Crippen molar-refractivity contribution in [3.8, 4) is 11.3 Å². The van der Waals surface area contributed by atoms with Crippen molar-refractivity contribution in [2.24, 2.45) is 11.1 Å². The van der Waals surface area contributed by atoms with Crippen LogP contribution < -0.4 is 10.5 Å². The average molecular weight is 508 g/mol. The Labute approximate surface area is 210 Å². The molecule has 0 bridgehead atoms. The van der Waals surface area contributed by atoms with Crippen LogP contribution in [0.3, 0.4) is 0 Å². The van der Waals surface area contributed by atoms with Gasteiger partial charge in [-0.15, -0.1) is 3.89 Å². The fourth-order valence-corrected chi connectivity index (χ4v) is 5.94. The van der Waals surface area contributed by atoms with Crippen molar-refractivity contribution < 1.29 is 18.0 Å². The first-order valence-electron chi connectivity index (χ1n) is 12.5. The predicted molar refractivity (Wildman–Crippen MR) is 142 cm³/mol. The number of nitrogens with one attached hydrogen (secondary N) is 1. The number of nitrogens with zero attached hydrogens (tertiary/aromatic N) is 1. The maximum atomic E-state index is 14.4. The van der Waals surface area contributed by atoms with Crippen LogP contribution in [0.25, 0.3) is 11.3 Å². The zero-order valence-electron chi connectivity index (χ0n) is 21.9. The van der Waals surface area contributed by atoms with Crippen molar-refractivity contribution in [1.82, 2.24) is 9.88 Å². The van der Waals surface area contributed by atoms with Crippen molar-refractivity contribution in [2.75, 3.05) is 6.54 Å². The summed E-state index contributed by atoms with van der Waals surface area (Å²) in [6, 6.07) is 7.00. The Morgan fingerprint density at radius 2 is 1.80 bits per heavy atom. The van der Waals surface area contributed by atoms with Crippen LogP contribution >= 0.6 is 0 Å². The summed E-state index contributed by atoms with van der Waals surface area (Å²) in [5, 5.41) is 18.3. The molecule has 1 aromatic heterocycles. The molecule has 1 amide bonds. The quantitative estimate of drug-likeness (QED) is 0.314. The van der Waals surface area contributed by atoms with Gasteiger partial charge in [-0.1, -0.05) is 46.1 Å². The molecule has 1 saturated carbocycles. The van der Waals surface area contributed by atoms with Gasteiger partial charge in [0.15, 0.2) is 0 Å². The van der Waals surface area contributed by atoms with E-state index < -0.39 is 21.5 Å². The van der Waals surface area contributed by atoms with Crippen molar-refractivity contribution in [3.05, 3.63) is 41.1 Å². The van der Waals surface area contributed by atoms with Crippen LogP contribution in [0.4, 0.5) is 3.89 Å². The second kappa shape index (κ2) is 10.1. The number of hydrogen-bond acceptors (Lipinski definition) is 3. The normalized spacial score (nSPS) is 16.4. The van der Waals surface area contributed by atoms with E-state index in [0.717, 1.165) is 36.3 Å². The maximum absolute atomic E-state index is 14.4. The van der Waals surface area contributed by atoms with Crippen molar-refractivity contribution in [1.29, 1.82) is 0 Å². The molecule has 6 nitrogen and oxygen atoms in total. The monoisotopic (exact) mass is 507 g/mol. The lowest BCUT2D eigenvalue weighted by atomic mass is 9.85. The fourth-order valence-electron chi connectivity index (χ4n) is 4.93. The van der Waals surface area contributed by atoms with Gasteiger partial charge < -0.3 is 15.0 Å². The van der Waals surface area contributed by atoms with E-state index in [-0.39, 0.29) is 17.3 Å². The van der Waals surface area contributed by atoms with Crippen LogP contribution in [-0.2, 0) is 22.5 Å². The zero-order valence-corrected chi connectivity index (χ0v) is 22.8. The molecule has 0 unspecified atom stereocenters. The molecule has 196 valence electrons. The Hall–Kier alpha value is -2.03. The number of aliphatic hydroxyl groups is 1. The summed E-state index contributed by atoms with van der Waals surface area (Å²) in [4.78, 5) is 13.1. The van der Waals surface area contributed by atoms with E-state index in [1.54, 1.807) is 19.9 Å². The predicted octanol–water partition coefficient (Wildman–Crippen LogP) is 4.98. The Morgan fingerprint density at radius 1 is 1.17 bits per heavy atom. The molecular weight excluding hydrogens is 465 g/mol. The number of thiol groups is 1. The summed E-state index contributed by atoms with van der Waals surface area (Å²) < 4.78 is 28.8. The second-order valence-electron chi connectivity index (χ2n) is 11.7. The van der Waals surface area contributed by atoms with Gasteiger partial charge in [0, 0.05) is 24.5 Å². The number of carbonyl (C=O) groups excluding carboxylic acids is 1. The highest BCUT2D eigenvalue weighted by molar-refractivity contribution is 7.96. The van der Waals surface area contributed by atoms with E-state index in [0.29, 0.717) is 17.0 Å². The molecule has 2 aromatic rings. The largest absolute Gasteiger partial charge is 0.389 e. The van der Waals surface area contributed by atoms with Gasteiger partial charge in [0.2, 0.25) is 0 Å². The van der Waals surface area contributed by atoms with Crippen molar-refractivity contribution in [2.45, 2.75) is 96.1 Å². The van der Waals surface area contributed by atoms with Gasteiger partial charge in [0.25, 0.3) is 5.91 Å². The average Bonchev–Trinajstić information content (AvgIpc) is 3.07. The summed E-state index contributed by atoms with van der Waals surface area (Å²) in [5.74, 6) is 0.286. The van der Waals surface area contributed by atoms with Crippen LogP contribution in [-0.4, -0.2) is 31.9 Å². The molecule has 3 rings (SSSR count). The number of hydrogen-bond donors (Lipinski definition) is 4. The van der Waals surface area contributed by atoms with Gasteiger partial charge in [-0.05, 0) is 74.3 Å². The van der Waals surface area contributed by atoms with Crippen molar-refractivity contribution >= 4 is 16.4 Å². The first-order chi connectivity index (χ1) is 16.1. The molecule has 0 spiro atoms. The fraction of sp³-hybridized carbons (Fsp3) is 0.593. The Kier molecular flexibility index (Phi) is 7.99. The molecule has 4 N–H and O–H groups in total. The first-order valence-corrected chi connectivity index (χ1v) is 14.2. The number of carbonyl (C=O) groups is 1. The third-order valence-corrected chi connectivity index (χ3v) is 7.93. The molecule has 8 heteroatoms.